The second kappa shape index (κ2) is 6.27. The molecule has 2 rings (SSSR count). The van der Waals surface area contributed by atoms with Crippen molar-refractivity contribution < 1.29 is 14.7 Å². The van der Waals surface area contributed by atoms with Gasteiger partial charge in [0, 0.05) is 32.2 Å². The number of hydrogen-bond acceptors (Lipinski definition) is 4. The van der Waals surface area contributed by atoms with Gasteiger partial charge in [0.05, 0.1) is 5.60 Å². The Kier molecular flexibility index (Phi) is 4.90. The maximum atomic E-state index is 12.0. The smallest absolute Gasteiger partial charge is 0.223 e. The Morgan fingerprint density at radius 3 is 2.74 bits per heavy atom. The Hall–Kier alpha value is -0.550. The van der Waals surface area contributed by atoms with Crippen LogP contribution in [0.1, 0.15) is 45.4 Å². The summed E-state index contributed by atoms with van der Waals surface area (Å²) in [5, 5.41) is 10.6. The number of nitrogens with zero attached hydrogens (tertiary/aromatic N) is 1. The van der Waals surface area contributed by atoms with Gasteiger partial charge in [-0.3, -0.25) is 9.59 Å². The largest absolute Gasteiger partial charge is 0.388 e. The molecule has 1 aliphatic carbocycles. The third-order valence-corrected chi connectivity index (χ3v) is 5.13. The summed E-state index contributed by atoms with van der Waals surface area (Å²) in [5.74, 6) is 1.11. The molecular weight excluding hydrogens is 262 g/mol. The molecule has 1 aliphatic heterocycles. The number of aliphatic hydroxyl groups is 1. The number of β-amino-alcohol motifs (C(OH)–C–C–N with tert-alkyl or cyclic N) is 1. The molecule has 1 atom stereocenters. The number of hydrogen-bond donors (Lipinski definition) is 1. The minimum Gasteiger partial charge on any atom is -0.388 e. The summed E-state index contributed by atoms with van der Waals surface area (Å²) in [5.41, 5.74) is -0.670. The molecule has 1 unspecified atom stereocenters. The Balaban J connectivity index is 1.84. The Morgan fingerprint density at radius 1 is 1.42 bits per heavy atom. The maximum Gasteiger partial charge on any atom is 0.223 e. The van der Waals surface area contributed by atoms with Crippen LogP contribution in [0.25, 0.3) is 0 Å². The van der Waals surface area contributed by atoms with E-state index in [1.807, 2.05) is 0 Å². The van der Waals surface area contributed by atoms with Crippen LogP contribution in [0.15, 0.2) is 0 Å². The maximum absolute atomic E-state index is 12.0. The first-order valence-corrected chi connectivity index (χ1v) is 8.11. The lowest BCUT2D eigenvalue weighted by Crippen LogP contribution is -2.45. The van der Waals surface area contributed by atoms with Gasteiger partial charge in [0.1, 0.15) is 0 Å². The Morgan fingerprint density at radius 2 is 2.11 bits per heavy atom. The summed E-state index contributed by atoms with van der Waals surface area (Å²) in [7, 11) is 0. The summed E-state index contributed by atoms with van der Waals surface area (Å²) in [6.07, 6.45) is 5.45. The zero-order valence-electron chi connectivity index (χ0n) is 11.6. The van der Waals surface area contributed by atoms with E-state index < -0.39 is 5.60 Å². The average molecular weight is 285 g/mol. The SMILES string of the molecule is CC(=O)SCC1CC(=O)N(CC2(O)CCCCC2)C1. The van der Waals surface area contributed by atoms with Gasteiger partial charge >= 0.3 is 0 Å². The predicted octanol–water partition coefficient (Wildman–Crippen LogP) is 1.81. The van der Waals surface area contributed by atoms with Gasteiger partial charge in [-0.15, -0.1) is 0 Å². The van der Waals surface area contributed by atoms with Crippen molar-refractivity contribution in [3.05, 3.63) is 0 Å². The highest BCUT2D eigenvalue weighted by Gasteiger charge is 2.37. The highest BCUT2D eigenvalue weighted by Crippen LogP contribution is 2.31. The molecule has 108 valence electrons. The number of carbonyl (C=O) groups is 2. The number of amides is 1. The third-order valence-electron chi connectivity index (χ3n) is 4.09. The minimum atomic E-state index is -0.670. The molecule has 1 N–H and O–H groups in total. The molecule has 0 spiro atoms. The van der Waals surface area contributed by atoms with E-state index in [4.69, 9.17) is 0 Å². The first-order chi connectivity index (χ1) is 8.98. The second-order valence-electron chi connectivity index (χ2n) is 5.93. The van der Waals surface area contributed by atoms with Crippen LogP contribution in [-0.2, 0) is 9.59 Å². The fourth-order valence-electron chi connectivity index (χ4n) is 3.08. The topological polar surface area (TPSA) is 57.6 Å². The molecule has 2 aliphatic rings. The highest BCUT2D eigenvalue weighted by molar-refractivity contribution is 8.13. The van der Waals surface area contributed by atoms with Crippen LogP contribution in [-0.4, -0.2) is 45.5 Å². The van der Waals surface area contributed by atoms with Gasteiger partial charge in [0.15, 0.2) is 5.12 Å². The molecule has 0 aromatic heterocycles. The molecule has 0 radical (unpaired) electrons. The van der Waals surface area contributed by atoms with Crippen LogP contribution >= 0.6 is 11.8 Å². The van der Waals surface area contributed by atoms with Gasteiger partial charge in [-0.1, -0.05) is 31.0 Å². The van der Waals surface area contributed by atoms with Crippen molar-refractivity contribution in [1.29, 1.82) is 0 Å². The average Bonchev–Trinajstić information content (AvgIpc) is 2.68. The molecule has 0 bridgehead atoms. The number of thioether (sulfide) groups is 1. The van der Waals surface area contributed by atoms with Gasteiger partial charge in [-0.05, 0) is 18.8 Å². The molecule has 2 fully saturated rings. The van der Waals surface area contributed by atoms with Gasteiger partial charge < -0.3 is 10.0 Å². The molecule has 19 heavy (non-hydrogen) atoms. The van der Waals surface area contributed by atoms with Gasteiger partial charge in [-0.25, -0.2) is 0 Å². The third kappa shape index (κ3) is 4.21. The first kappa shape index (κ1) is 14.9. The molecule has 1 heterocycles. The quantitative estimate of drug-likeness (QED) is 0.856. The van der Waals surface area contributed by atoms with E-state index in [1.54, 1.807) is 11.8 Å². The molecule has 1 amide bonds. The zero-order chi connectivity index (χ0) is 13.9. The van der Waals surface area contributed by atoms with Crippen LogP contribution in [0.3, 0.4) is 0 Å². The van der Waals surface area contributed by atoms with E-state index in [0.29, 0.717) is 19.5 Å². The van der Waals surface area contributed by atoms with E-state index in [1.165, 1.54) is 18.2 Å². The van der Waals surface area contributed by atoms with Gasteiger partial charge in [0.2, 0.25) is 5.91 Å². The summed E-state index contributed by atoms with van der Waals surface area (Å²) in [6, 6.07) is 0. The summed E-state index contributed by atoms with van der Waals surface area (Å²) in [6.45, 7) is 2.73. The molecular formula is C14H23NO3S. The van der Waals surface area contributed by atoms with E-state index in [0.717, 1.165) is 31.4 Å². The number of likely N-dealkylation sites (tertiary alicyclic amines) is 1. The van der Waals surface area contributed by atoms with Crippen LogP contribution in [0.5, 0.6) is 0 Å². The van der Waals surface area contributed by atoms with E-state index in [9.17, 15) is 14.7 Å². The minimum absolute atomic E-state index is 0.108. The monoisotopic (exact) mass is 285 g/mol. The van der Waals surface area contributed by atoms with E-state index in [-0.39, 0.29) is 16.9 Å². The Labute approximate surface area is 118 Å². The first-order valence-electron chi connectivity index (χ1n) is 7.12. The van der Waals surface area contributed by atoms with Crippen molar-refractivity contribution >= 4 is 22.8 Å². The lowest BCUT2D eigenvalue weighted by molar-refractivity contribution is -0.131. The van der Waals surface area contributed by atoms with Gasteiger partial charge in [-0.2, -0.15) is 0 Å². The fourth-order valence-corrected chi connectivity index (χ4v) is 3.77. The summed E-state index contributed by atoms with van der Waals surface area (Å²) in [4.78, 5) is 24.7. The fraction of sp³-hybridized carbons (Fsp3) is 0.857. The molecule has 1 saturated heterocycles. The number of rotatable bonds is 4. The summed E-state index contributed by atoms with van der Waals surface area (Å²) >= 11 is 1.30. The lowest BCUT2D eigenvalue weighted by atomic mass is 9.84. The Bertz CT molecular complexity index is 353. The van der Waals surface area contributed by atoms with Crippen LogP contribution in [0, 0.1) is 5.92 Å². The second-order valence-corrected chi connectivity index (χ2v) is 7.13. The number of carbonyl (C=O) groups excluding carboxylic acids is 2. The summed E-state index contributed by atoms with van der Waals surface area (Å²) < 4.78 is 0. The lowest BCUT2D eigenvalue weighted by Gasteiger charge is -2.35. The van der Waals surface area contributed by atoms with Gasteiger partial charge in [0.25, 0.3) is 0 Å². The van der Waals surface area contributed by atoms with E-state index in [2.05, 4.69) is 0 Å². The van der Waals surface area contributed by atoms with Crippen LogP contribution < -0.4 is 0 Å². The van der Waals surface area contributed by atoms with E-state index >= 15 is 0 Å². The normalized spacial score (nSPS) is 26.7. The standard InChI is InChI=1S/C14H23NO3S/c1-11(16)19-9-12-7-13(17)15(8-12)10-14(18)5-3-2-4-6-14/h12,18H,2-10H2,1H3. The molecule has 1 saturated carbocycles. The van der Waals surface area contributed by atoms with Crippen molar-refractivity contribution in [1.82, 2.24) is 4.90 Å². The predicted molar refractivity (Wildman–Crippen MR) is 75.9 cm³/mol. The van der Waals surface area contributed by atoms with Crippen molar-refractivity contribution in [2.75, 3.05) is 18.8 Å². The van der Waals surface area contributed by atoms with Crippen molar-refractivity contribution in [2.24, 2.45) is 5.92 Å². The van der Waals surface area contributed by atoms with Crippen molar-refractivity contribution in [3.63, 3.8) is 0 Å². The highest BCUT2D eigenvalue weighted by atomic mass is 32.2. The molecule has 5 heteroatoms. The van der Waals surface area contributed by atoms with Crippen molar-refractivity contribution in [3.8, 4) is 0 Å². The molecule has 4 nitrogen and oxygen atoms in total. The zero-order valence-corrected chi connectivity index (χ0v) is 12.4. The van der Waals surface area contributed by atoms with Crippen LogP contribution in [0.2, 0.25) is 0 Å². The van der Waals surface area contributed by atoms with Crippen molar-refractivity contribution in [2.45, 2.75) is 51.0 Å². The van der Waals surface area contributed by atoms with Crippen LogP contribution in [0.4, 0.5) is 0 Å². The molecule has 0 aromatic carbocycles. The molecule has 0 aromatic rings.